The van der Waals surface area contributed by atoms with Gasteiger partial charge in [-0.3, -0.25) is 14.6 Å². The minimum Gasteiger partial charge on any atom is -0.356 e. The number of likely N-dealkylation sites (tertiary alicyclic amines) is 2. The van der Waals surface area contributed by atoms with Crippen LogP contribution in [-0.2, 0) is 13.1 Å². The van der Waals surface area contributed by atoms with Gasteiger partial charge in [-0.1, -0.05) is 30.3 Å². The van der Waals surface area contributed by atoms with E-state index in [1.807, 2.05) is 17.9 Å². The largest absolute Gasteiger partial charge is 0.356 e. The molecule has 6 heteroatoms. The molecule has 2 fully saturated rings. The van der Waals surface area contributed by atoms with Gasteiger partial charge in [0.25, 0.3) is 0 Å². The van der Waals surface area contributed by atoms with Crippen LogP contribution in [0.5, 0.6) is 0 Å². The van der Waals surface area contributed by atoms with Crippen molar-refractivity contribution in [2.75, 3.05) is 33.2 Å². The summed E-state index contributed by atoms with van der Waals surface area (Å²) >= 11 is 0. The third-order valence-electron chi connectivity index (χ3n) is 6.53. The number of fused-ring (bicyclic) bond motifs is 1. The Balaban J connectivity index is 1.27. The van der Waals surface area contributed by atoms with Crippen molar-refractivity contribution < 1.29 is 0 Å². The fourth-order valence-electron chi connectivity index (χ4n) is 5.08. The van der Waals surface area contributed by atoms with Crippen LogP contribution in [-0.4, -0.2) is 64.8 Å². The van der Waals surface area contributed by atoms with Crippen LogP contribution in [0.25, 0.3) is 0 Å². The van der Waals surface area contributed by atoms with E-state index in [1.165, 1.54) is 36.9 Å². The van der Waals surface area contributed by atoms with Crippen molar-refractivity contribution in [3.63, 3.8) is 0 Å². The molecule has 4 rings (SSSR count). The summed E-state index contributed by atoms with van der Waals surface area (Å²) in [5.41, 5.74) is 2.65. The molecule has 2 aliphatic heterocycles. The van der Waals surface area contributed by atoms with Gasteiger partial charge in [-0.25, -0.2) is 0 Å². The molecule has 2 aromatic rings. The van der Waals surface area contributed by atoms with Gasteiger partial charge < -0.3 is 10.2 Å². The molecule has 0 saturated carbocycles. The molecule has 0 amide bonds. The summed E-state index contributed by atoms with van der Waals surface area (Å²) in [6.45, 7) is 8.48. The molecular weight excluding hydrogens is 372 g/mol. The average molecular weight is 409 g/mol. The zero-order valence-electron chi connectivity index (χ0n) is 18.5. The Bertz CT molecular complexity index is 814. The van der Waals surface area contributed by atoms with Crippen molar-refractivity contribution in [1.82, 2.24) is 24.9 Å². The number of rotatable bonds is 6. The number of hydrogen-bond donors (Lipinski definition) is 1. The van der Waals surface area contributed by atoms with Crippen molar-refractivity contribution in [1.29, 1.82) is 0 Å². The molecular formula is C24H36N6. The van der Waals surface area contributed by atoms with E-state index in [1.54, 1.807) is 0 Å². The minimum atomic E-state index is 0.705. The normalized spacial score (nSPS) is 22.7. The number of nitrogens with zero attached hydrogens (tertiary/aromatic N) is 5. The summed E-state index contributed by atoms with van der Waals surface area (Å²) in [5.74, 6) is 1.80. The van der Waals surface area contributed by atoms with Crippen LogP contribution in [0.1, 0.15) is 36.8 Å². The molecule has 2 aliphatic rings. The molecule has 30 heavy (non-hydrogen) atoms. The highest BCUT2D eigenvalue weighted by molar-refractivity contribution is 5.80. The Kier molecular flexibility index (Phi) is 7.05. The first-order valence-electron chi connectivity index (χ1n) is 11.5. The summed E-state index contributed by atoms with van der Waals surface area (Å²) in [4.78, 5) is 9.78. The zero-order valence-corrected chi connectivity index (χ0v) is 18.5. The van der Waals surface area contributed by atoms with E-state index in [2.05, 4.69) is 68.7 Å². The van der Waals surface area contributed by atoms with E-state index in [9.17, 15) is 0 Å². The first-order chi connectivity index (χ1) is 14.7. The molecule has 0 spiro atoms. The van der Waals surface area contributed by atoms with Gasteiger partial charge in [0.2, 0.25) is 0 Å². The van der Waals surface area contributed by atoms with Gasteiger partial charge in [0.05, 0.1) is 6.20 Å². The molecule has 2 atom stereocenters. The molecule has 162 valence electrons. The van der Waals surface area contributed by atoms with E-state index in [0.29, 0.717) is 6.04 Å². The summed E-state index contributed by atoms with van der Waals surface area (Å²) in [7, 11) is 1.91. The molecule has 1 aromatic heterocycles. The molecule has 1 N–H and O–H groups in total. The lowest BCUT2D eigenvalue weighted by Gasteiger charge is -2.48. The van der Waals surface area contributed by atoms with Crippen LogP contribution in [0.4, 0.5) is 0 Å². The fraction of sp³-hybridized carbons (Fsp3) is 0.583. The Labute approximate surface area is 181 Å². The standard InChI is InChI=1S/C24H36N6/c1-20-16-27-30(17-20)14-7-12-26-24(25-2)29-15-11-23-22(19-29)10-6-13-28(23)18-21-8-4-3-5-9-21/h3-5,8-9,16-17,22-23H,6-7,10-15,18-19H2,1-2H3,(H,25,26). The van der Waals surface area contributed by atoms with E-state index >= 15 is 0 Å². The number of hydrogen-bond acceptors (Lipinski definition) is 3. The highest BCUT2D eigenvalue weighted by Gasteiger charge is 2.36. The lowest BCUT2D eigenvalue weighted by molar-refractivity contribution is 0.0372. The number of nitrogens with one attached hydrogen (secondary N) is 1. The maximum absolute atomic E-state index is 4.58. The van der Waals surface area contributed by atoms with Crippen LogP contribution < -0.4 is 5.32 Å². The number of aryl methyl sites for hydroxylation is 2. The zero-order chi connectivity index (χ0) is 20.8. The van der Waals surface area contributed by atoms with Gasteiger partial charge in [-0.05, 0) is 56.2 Å². The highest BCUT2D eigenvalue weighted by Crippen LogP contribution is 2.31. The van der Waals surface area contributed by atoms with Crippen LogP contribution in [0.15, 0.2) is 47.7 Å². The lowest BCUT2D eigenvalue weighted by atomic mass is 9.83. The molecule has 2 saturated heterocycles. The smallest absolute Gasteiger partial charge is 0.193 e. The third-order valence-corrected chi connectivity index (χ3v) is 6.53. The van der Waals surface area contributed by atoms with Crippen molar-refractivity contribution >= 4 is 5.96 Å². The molecule has 2 unspecified atom stereocenters. The third kappa shape index (κ3) is 5.22. The van der Waals surface area contributed by atoms with Gasteiger partial charge in [-0.2, -0.15) is 5.10 Å². The summed E-state index contributed by atoms with van der Waals surface area (Å²) in [6, 6.07) is 11.6. The fourth-order valence-corrected chi connectivity index (χ4v) is 5.08. The predicted octanol–water partition coefficient (Wildman–Crippen LogP) is 3.14. The van der Waals surface area contributed by atoms with E-state index in [-0.39, 0.29) is 0 Å². The predicted molar refractivity (Wildman–Crippen MR) is 122 cm³/mol. The number of benzene rings is 1. The molecule has 1 aromatic carbocycles. The van der Waals surface area contributed by atoms with Crippen LogP contribution >= 0.6 is 0 Å². The number of aromatic nitrogens is 2. The van der Waals surface area contributed by atoms with Gasteiger partial charge in [0.1, 0.15) is 0 Å². The second-order valence-corrected chi connectivity index (χ2v) is 8.77. The van der Waals surface area contributed by atoms with Gasteiger partial charge in [-0.15, -0.1) is 0 Å². The molecule has 3 heterocycles. The van der Waals surface area contributed by atoms with Crippen molar-refractivity contribution in [2.45, 2.75) is 51.7 Å². The molecule has 6 nitrogen and oxygen atoms in total. The second kappa shape index (κ2) is 10.1. The Morgan fingerprint density at radius 1 is 1.20 bits per heavy atom. The lowest BCUT2D eigenvalue weighted by Crippen LogP contribution is -2.56. The summed E-state index contributed by atoms with van der Waals surface area (Å²) in [6.07, 6.45) is 8.93. The van der Waals surface area contributed by atoms with Crippen molar-refractivity contribution in [3.8, 4) is 0 Å². The topological polar surface area (TPSA) is 48.7 Å². The quantitative estimate of drug-likeness (QED) is 0.453. The monoisotopic (exact) mass is 408 g/mol. The van der Waals surface area contributed by atoms with E-state index in [0.717, 1.165) is 51.0 Å². The Morgan fingerprint density at radius 2 is 2.07 bits per heavy atom. The van der Waals surface area contributed by atoms with Gasteiger partial charge >= 0.3 is 0 Å². The SMILES string of the molecule is CN=C(NCCCn1cc(C)cn1)N1CCC2C(CCCN2Cc2ccccc2)C1. The van der Waals surface area contributed by atoms with E-state index in [4.69, 9.17) is 0 Å². The highest BCUT2D eigenvalue weighted by atomic mass is 15.3. The number of aliphatic imine (C=N–C) groups is 1. The average Bonchev–Trinajstić information content (AvgIpc) is 3.19. The van der Waals surface area contributed by atoms with Gasteiger partial charge in [0.15, 0.2) is 5.96 Å². The Hall–Kier alpha value is -2.34. The van der Waals surface area contributed by atoms with Crippen LogP contribution in [0.3, 0.4) is 0 Å². The van der Waals surface area contributed by atoms with Crippen LogP contribution in [0.2, 0.25) is 0 Å². The second-order valence-electron chi connectivity index (χ2n) is 8.77. The maximum atomic E-state index is 4.58. The molecule has 0 bridgehead atoms. The number of guanidine groups is 1. The summed E-state index contributed by atoms with van der Waals surface area (Å²) < 4.78 is 2.02. The van der Waals surface area contributed by atoms with E-state index < -0.39 is 0 Å². The number of piperidine rings is 2. The van der Waals surface area contributed by atoms with Crippen molar-refractivity contribution in [2.24, 2.45) is 10.9 Å². The minimum absolute atomic E-state index is 0.705. The van der Waals surface area contributed by atoms with Crippen LogP contribution in [0, 0.1) is 12.8 Å². The Morgan fingerprint density at radius 3 is 2.83 bits per heavy atom. The molecule has 0 aliphatic carbocycles. The summed E-state index contributed by atoms with van der Waals surface area (Å²) in [5, 5.41) is 7.95. The van der Waals surface area contributed by atoms with Gasteiger partial charge in [0, 0.05) is 52.0 Å². The van der Waals surface area contributed by atoms with Crippen molar-refractivity contribution in [3.05, 3.63) is 53.9 Å². The maximum Gasteiger partial charge on any atom is 0.193 e. The first kappa shape index (κ1) is 20.9. The molecule has 0 radical (unpaired) electrons. The first-order valence-corrected chi connectivity index (χ1v) is 11.5.